The summed E-state index contributed by atoms with van der Waals surface area (Å²) >= 11 is 6.28. The minimum atomic E-state index is -0.558. The Labute approximate surface area is 112 Å². The summed E-state index contributed by atoms with van der Waals surface area (Å²) < 4.78 is 0. The zero-order valence-corrected chi connectivity index (χ0v) is 11.3. The summed E-state index contributed by atoms with van der Waals surface area (Å²) in [5.74, 6) is -0.153. The maximum Gasteiger partial charge on any atom is 0.245 e. The number of hydrogen-bond donors (Lipinski definition) is 2. The highest BCUT2D eigenvalue weighted by Gasteiger charge is 2.31. The summed E-state index contributed by atoms with van der Waals surface area (Å²) in [6.07, 6.45) is 0. The minimum absolute atomic E-state index is 0.153. The normalized spacial score (nSPS) is 19.9. The first-order valence-corrected chi connectivity index (χ1v) is 6.34. The molecular formula is C13H17ClN2O2. The summed E-state index contributed by atoms with van der Waals surface area (Å²) in [6, 6.07) is 3.35. The molecule has 1 aliphatic rings. The topological polar surface area (TPSA) is 52.6 Å². The Hall–Kier alpha value is -1.26. The first-order chi connectivity index (χ1) is 8.54. The first-order valence-electron chi connectivity index (χ1n) is 5.96. The standard InChI is InChI=1S/C13H17ClN2O2/c1-8-5-9(2)12(10(14)6-8)16-4-3-15-13(18)11(16)7-17/h5-6,11,17H,3-4,7H2,1-2H3,(H,15,18). The lowest BCUT2D eigenvalue weighted by molar-refractivity contribution is -0.124. The average molecular weight is 269 g/mol. The number of hydrogen-bond acceptors (Lipinski definition) is 3. The summed E-state index contributed by atoms with van der Waals surface area (Å²) in [4.78, 5) is 13.6. The molecular weight excluding hydrogens is 252 g/mol. The van der Waals surface area contributed by atoms with Crippen LogP contribution in [0.5, 0.6) is 0 Å². The number of nitrogens with zero attached hydrogens (tertiary/aromatic N) is 1. The molecule has 0 saturated carbocycles. The maximum atomic E-state index is 11.7. The number of carbonyl (C=O) groups excluding carboxylic acids is 1. The van der Waals surface area contributed by atoms with Crippen LogP contribution in [0.1, 0.15) is 11.1 Å². The molecule has 2 N–H and O–H groups in total. The van der Waals surface area contributed by atoms with Gasteiger partial charge in [-0.1, -0.05) is 17.7 Å². The molecule has 1 amide bonds. The van der Waals surface area contributed by atoms with Crippen molar-refractivity contribution in [2.24, 2.45) is 0 Å². The maximum absolute atomic E-state index is 11.7. The third-order valence-corrected chi connectivity index (χ3v) is 3.48. The van der Waals surface area contributed by atoms with Gasteiger partial charge in [-0.05, 0) is 31.0 Å². The van der Waals surface area contributed by atoms with Gasteiger partial charge in [0.25, 0.3) is 0 Å². The predicted octanol–water partition coefficient (Wildman–Crippen LogP) is 1.25. The highest BCUT2D eigenvalue weighted by atomic mass is 35.5. The molecule has 0 bridgehead atoms. The van der Waals surface area contributed by atoms with Crippen LogP contribution in [0.2, 0.25) is 5.02 Å². The van der Waals surface area contributed by atoms with Gasteiger partial charge in [-0.25, -0.2) is 0 Å². The fourth-order valence-electron chi connectivity index (χ4n) is 2.44. The first kappa shape index (κ1) is 13.2. The van der Waals surface area contributed by atoms with Gasteiger partial charge in [0.2, 0.25) is 5.91 Å². The lowest BCUT2D eigenvalue weighted by Crippen LogP contribution is -2.57. The third-order valence-electron chi connectivity index (χ3n) is 3.19. The largest absolute Gasteiger partial charge is 0.394 e. The monoisotopic (exact) mass is 268 g/mol. The van der Waals surface area contributed by atoms with Crippen LogP contribution in [-0.2, 0) is 4.79 Å². The van der Waals surface area contributed by atoms with Crippen molar-refractivity contribution in [3.63, 3.8) is 0 Å². The molecule has 1 aliphatic heterocycles. The molecule has 0 spiro atoms. The molecule has 0 aliphatic carbocycles. The Balaban J connectivity index is 2.43. The number of benzene rings is 1. The molecule has 1 aromatic carbocycles. The van der Waals surface area contributed by atoms with E-state index in [9.17, 15) is 9.90 Å². The fourth-order valence-corrected chi connectivity index (χ4v) is 2.87. The van der Waals surface area contributed by atoms with Gasteiger partial charge in [0.1, 0.15) is 6.04 Å². The van der Waals surface area contributed by atoms with Crippen LogP contribution >= 0.6 is 11.6 Å². The molecule has 2 rings (SSSR count). The predicted molar refractivity (Wildman–Crippen MR) is 72.2 cm³/mol. The Morgan fingerprint density at radius 3 is 2.83 bits per heavy atom. The van der Waals surface area contributed by atoms with Crippen molar-refractivity contribution >= 4 is 23.2 Å². The molecule has 0 aromatic heterocycles. The van der Waals surface area contributed by atoms with Crippen LogP contribution in [0.4, 0.5) is 5.69 Å². The number of halogens is 1. The molecule has 1 fully saturated rings. The van der Waals surface area contributed by atoms with E-state index in [0.29, 0.717) is 18.1 Å². The Morgan fingerprint density at radius 2 is 2.22 bits per heavy atom. The molecule has 98 valence electrons. The number of anilines is 1. The van der Waals surface area contributed by atoms with Crippen molar-refractivity contribution in [2.45, 2.75) is 19.9 Å². The average Bonchev–Trinajstić information content (AvgIpc) is 2.27. The SMILES string of the molecule is Cc1cc(C)c(N2CCNC(=O)C2CO)c(Cl)c1. The molecule has 1 saturated heterocycles. The lowest BCUT2D eigenvalue weighted by Gasteiger charge is -2.37. The quantitative estimate of drug-likeness (QED) is 0.849. The zero-order chi connectivity index (χ0) is 13.3. The second-order valence-corrected chi connectivity index (χ2v) is 5.00. The number of aryl methyl sites for hydroxylation is 2. The van der Waals surface area contributed by atoms with Gasteiger partial charge >= 0.3 is 0 Å². The van der Waals surface area contributed by atoms with Gasteiger partial charge < -0.3 is 15.3 Å². The Kier molecular flexibility index (Phi) is 3.78. The van der Waals surface area contributed by atoms with Crippen LogP contribution in [0.25, 0.3) is 0 Å². The van der Waals surface area contributed by atoms with Crippen molar-refractivity contribution < 1.29 is 9.90 Å². The molecule has 18 heavy (non-hydrogen) atoms. The molecule has 0 radical (unpaired) electrons. The van der Waals surface area contributed by atoms with E-state index in [1.807, 2.05) is 30.9 Å². The summed E-state index contributed by atoms with van der Waals surface area (Å²) in [5, 5.41) is 12.8. The van der Waals surface area contributed by atoms with Crippen molar-refractivity contribution in [3.05, 3.63) is 28.3 Å². The van der Waals surface area contributed by atoms with Gasteiger partial charge in [-0.15, -0.1) is 0 Å². The van der Waals surface area contributed by atoms with Crippen LogP contribution in [0.3, 0.4) is 0 Å². The number of nitrogens with one attached hydrogen (secondary N) is 1. The van der Waals surface area contributed by atoms with E-state index >= 15 is 0 Å². The summed E-state index contributed by atoms with van der Waals surface area (Å²) in [5.41, 5.74) is 2.95. The zero-order valence-electron chi connectivity index (χ0n) is 10.5. The van der Waals surface area contributed by atoms with Gasteiger partial charge in [0, 0.05) is 13.1 Å². The van der Waals surface area contributed by atoms with E-state index < -0.39 is 6.04 Å². The lowest BCUT2D eigenvalue weighted by atomic mass is 10.1. The van der Waals surface area contributed by atoms with Gasteiger partial charge in [-0.3, -0.25) is 4.79 Å². The fraction of sp³-hybridized carbons (Fsp3) is 0.462. The molecule has 1 aromatic rings. The Bertz CT molecular complexity index is 453. The van der Waals surface area contributed by atoms with E-state index in [0.717, 1.165) is 16.8 Å². The van der Waals surface area contributed by atoms with Crippen LogP contribution < -0.4 is 10.2 Å². The number of rotatable bonds is 2. The number of amides is 1. The van der Waals surface area contributed by atoms with E-state index in [-0.39, 0.29) is 12.5 Å². The highest BCUT2D eigenvalue weighted by Crippen LogP contribution is 2.32. The Morgan fingerprint density at radius 1 is 1.50 bits per heavy atom. The minimum Gasteiger partial charge on any atom is -0.394 e. The number of aliphatic hydroxyl groups excluding tert-OH is 1. The van der Waals surface area contributed by atoms with Gasteiger partial charge in [-0.2, -0.15) is 0 Å². The van der Waals surface area contributed by atoms with Gasteiger partial charge in [0.05, 0.1) is 17.3 Å². The van der Waals surface area contributed by atoms with Crippen molar-refractivity contribution in [1.82, 2.24) is 5.32 Å². The van der Waals surface area contributed by atoms with E-state index in [1.54, 1.807) is 0 Å². The highest BCUT2D eigenvalue weighted by molar-refractivity contribution is 6.33. The second kappa shape index (κ2) is 5.16. The van der Waals surface area contributed by atoms with Crippen molar-refractivity contribution in [2.75, 3.05) is 24.6 Å². The number of aliphatic hydroxyl groups is 1. The molecule has 4 nitrogen and oxygen atoms in total. The number of piperazine rings is 1. The van der Waals surface area contributed by atoms with Gasteiger partial charge in [0.15, 0.2) is 0 Å². The molecule has 1 unspecified atom stereocenters. The molecule has 1 atom stereocenters. The summed E-state index contributed by atoms with van der Waals surface area (Å²) in [6.45, 7) is 4.96. The smallest absolute Gasteiger partial charge is 0.245 e. The van der Waals surface area contributed by atoms with E-state index in [4.69, 9.17) is 11.6 Å². The van der Waals surface area contributed by atoms with E-state index in [1.165, 1.54) is 0 Å². The van der Waals surface area contributed by atoms with E-state index in [2.05, 4.69) is 5.32 Å². The third kappa shape index (κ3) is 2.31. The molecule has 5 heteroatoms. The van der Waals surface area contributed by atoms with Crippen LogP contribution in [-0.4, -0.2) is 36.8 Å². The van der Waals surface area contributed by atoms with Crippen LogP contribution in [0, 0.1) is 13.8 Å². The summed E-state index contributed by atoms with van der Waals surface area (Å²) in [7, 11) is 0. The second-order valence-electron chi connectivity index (χ2n) is 4.60. The molecule has 1 heterocycles. The van der Waals surface area contributed by atoms with Crippen LogP contribution in [0.15, 0.2) is 12.1 Å². The van der Waals surface area contributed by atoms with Crippen molar-refractivity contribution in [1.29, 1.82) is 0 Å². The van der Waals surface area contributed by atoms with Crippen molar-refractivity contribution in [3.8, 4) is 0 Å². The number of carbonyl (C=O) groups is 1.